The van der Waals surface area contributed by atoms with Gasteiger partial charge < -0.3 is 4.43 Å². The number of hydrogen-bond donors (Lipinski definition) is 0. The normalized spacial score (nSPS) is 20.8. The third kappa shape index (κ3) is 4.26. The summed E-state index contributed by atoms with van der Waals surface area (Å²) in [6.07, 6.45) is -0.167. The number of β-lactam (4-membered cyclic amide) rings is 1. The summed E-state index contributed by atoms with van der Waals surface area (Å²) >= 11 is 0. The summed E-state index contributed by atoms with van der Waals surface area (Å²) in [6.45, 7) is 12.5. The van der Waals surface area contributed by atoms with E-state index in [1.54, 1.807) is 0 Å². The van der Waals surface area contributed by atoms with Crippen LogP contribution in [-0.2, 0) is 14.0 Å². The summed E-state index contributed by atoms with van der Waals surface area (Å²) < 4.78 is 6.51. The fraction of sp³-hybridized carbons (Fsp3) is 0.619. The van der Waals surface area contributed by atoms with E-state index in [1.807, 2.05) is 51.1 Å². The number of imide groups is 1. The molecule has 2 rings (SSSR count). The molecule has 0 N–H and O–H groups in total. The van der Waals surface area contributed by atoms with Gasteiger partial charge in [-0.05, 0) is 29.1 Å². The second-order valence-corrected chi connectivity index (χ2v) is 13.2. The van der Waals surface area contributed by atoms with Gasteiger partial charge in [0.05, 0.1) is 6.04 Å². The Balaban J connectivity index is 2.32. The summed E-state index contributed by atoms with van der Waals surface area (Å²) in [6, 6.07) is 12.5. The van der Waals surface area contributed by atoms with Crippen LogP contribution in [0.3, 0.4) is 0 Å². The van der Waals surface area contributed by atoms with E-state index in [0.29, 0.717) is 6.42 Å². The molecule has 0 bridgehead atoms. The number of nitrogens with zero attached hydrogens (tertiary/aromatic N) is 1. The summed E-state index contributed by atoms with van der Waals surface area (Å²) in [5, 5.41) is 0. The molecular weight excluding hydrogens is 342 g/mol. The molecule has 1 aromatic carbocycles. The molecule has 2 amide bonds. The van der Waals surface area contributed by atoms with E-state index < -0.39 is 14.4 Å². The number of rotatable bonds is 7. The van der Waals surface area contributed by atoms with Crippen molar-refractivity contribution in [3.05, 3.63) is 35.9 Å². The highest BCUT2D eigenvalue weighted by atomic mass is 28.4. The largest absolute Gasteiger partial charge is 0.403 e. The molecule has 5 heteroatoms. The van der Waals surface area contributed by atoms with Gasteiger partial charge in [0.2, 0.25) is 5.91 Å². The smallest absolute Gasteiger partial charge is 0.260 e. The van der Waals surface area contributed by atoms with Crippen molar-refractivity contribution in [3.8, 4) is 0 Å². The Labute approximate surface area is 159 Å². The van der Waals surface area contributed by atoms with Crippen LogP contribution in [0.15, 0.2) is 30.3 Å². The van der Waals surface area contributed by atoms with Crippen molar-refractivity contribution in [2.45, 2.75) is 78.2 Å². The third-order valence-electron chi connectivity index (χ3n) is 5.45. The van der Waals surface area contributed by atoms with Crippen LogP contribution in [0.5, 0.6) is 0 Å². The number of likely N-dealkylation sites (tertiary alicyclic amines) is 1. The predicted molar refractivity (Wildman–Crippen MR) is 107 cm³/mol. The molecule has 26 heavy (non-hydrogen) atoms. The van der Waals surface area contributed by atoms with Crippen molar-refractivity contribution in [3.63, 3.8) is 0 Å². The van der Waals surface area contributed by atoms with Gasteiger partial charge in [-0.3, -0.25) is 14.5 Å². The van der Waals surface area contributed by atoms with Crippen molar-refractivity contribution >= 4 is 20.1 Å². The lowest BCUT2D eigenvalue weighted by Crippen LogP contribution is -2.64. The Kier molecular flexibility index (Phi) is 6.45. The number of carbonyl (C=O) groups excluding carboxylic acids is 2. The molecule has 1 aromatic rings. The molecule has 0 aliphatic carbocycles. The van der Waals surface area contributed by atoms with E-state index in [2.05, 4.69) is 20.8 Å². The summed E-state index contributed by atoms with van der Waals surface area (Å²) in [4.78, 5) is 27.2. The van der Waals surface area contributed by atoms with E-state index in [9.17, 15) is 9.59 Å². The topological polar surface area (TPSA) is 46.6 Å². The maximum Gasteiger partial charge on any atom is 0.260 e. The fourth-order valence-corrected chi connectivity index (χ4v) is 6.41. The van der Waals surface area contributed by atoms with Crippen molar-refractivity contribution in [2.75, 3.05) is 0 Å². The van der Waals surface area contributed by atoms with Crippen molar-refractivity contribution in [2.24, 2.45) is 5.41 Å². The molecular formula is C21H33NO3Si. The van der Waals surface area contributed by atoms with Crippen molar-refractivity contribution in [1.29, 1.82) is 0 Å². The molecule has 0 unspecified atom stereocenters. The monoisotopic (exact) mass is 375 g/mol. The molecule has 0 saturated carbocycles. The SMILES string of the molecule is CC[Si](CC)(CC)O[C@H]1C(=O)N(C(=O)CC(C)(C)C)[C@H]1c1ccccc1. The van der Waals surface area contributed by atoms with Crippen molar-refractivity contribution in [1.82, 2.24) is 4.90 Å². The average Bonchev–Trinajstić information content (AvgIpc) is 2.60. The molecule has 2 atom stereocenters. The summed E-state index contributed by atoms with van der Waals surface area (Å²) in [5.41, 5.74) is 0.824. The molecule has 4 nitrogen and oxygen atoms in total. The quantitative estimate of drug-likeness (QED) is 0.502. The Morgan fingerprint density at radius 3 is 2.08 bits per heavy atom. The van der Waals surface area contributed by atoms with Gasteiger partial charge in [0.25, 0.3) is 5.91 Å². The molecule has 1 saturated heterocycles. The van der Waals surface area contributed by atoms with Crippen molar-refractivity contribution < 1.29 is 14.0 Å². The zero-order chi connectivity index (χ0) is 19.5. The first-order valence-electron chi connectivity index (χ1n) is 9.76. The van der Waals surface area contributed by atoms with Crippen LogP contribution < -0.4 is 0 Å². The molecule has 1 fully saturated rings. The Bertz CT molecular complexity index is 626. The zero-order valence-electron chi connectivity index (χ0n) is 17.0. The predicted octanol–water partition coefficient (Wildman–Crippen LogP) is 4.92. The lowest BCUT2D eigenvalue weighted by molar-refractivity contribution is -0.174. The van der Waals surface area contributed by atoms with Gasteiger partial charge in [0.1, 0.15) is 0 Å². The summed E-state index contributed by atoms with van der Waals surface area (Å²) in [7, 11) is -1.94. The average molecular weight is 376 g/mol. The lowest BCUT2D eigenvalue weighted by atomic mass is 9.86. The highest BCUT2D eigenvalue weighted by Gasteiger charge is 2.54. The molecule has 1 heterocycles. The second-order valence-electron chi connectivity index (χ2n) is 8.48. The molecule has 144 valence electrons. The van der Waals surface area contributed by atoms with Crippen LogP contribution in [0.1, 0.15) is 59.6 Å². The Hall–Kier alpha value is -1.46. The van der Waals surface area contributed by atoms with E-state index in [-0.39, 0.29) is 23.3 Å². The van der Waals surface area contributed by atoms with Gasteiger partial charge >= 0.3 is 0 Å². The molecule has 0 spiro atoms. The fourth-order valence-electron chi connectivity index (χ4n) is 3.64. The van der Waals surface area contributed by atoms with E-state index in [0.717, 1.165) is 23.7 Å². The summed E-state index contributed by atoms with van der Waals surface area (Å²) in [5.74, 6) is -0.270. The first-order valence-corrected chi connectivity index (χ1v) is 12.3. The van der Waals surface area contributed by atoms with Gasteiger partial charge in [-0.2, -0.15) is 0 Å². The van der Waals surface area contributed by atoms with Crippen LogP contribution in [0.4, 0.5) is 0 Å². The highest BCUT2D eigenvalue weighted by molar-refractivity contribution is 6.73. The standard InChI is InChI=1S/C21H33NO3Si/c1-7-26(8-2,9-3)25-19-18(16-13-11-10-12-14-16)22(20(19)24)17(23)15-21(4,5)6/h10-14,18-19H,7-9,15H2,1-6H3/t18-,19+/m0/s1. The zero-order valence-corrected chi connectivity index (χ0v) is 18.0. The maximum absolute atomic E-state index is 12.9. The van der Waals surface area contributed by atoms with Crippen LogP contribution in [0, 0.1) is 5.41 Å². The van der Waals surface area contributed by atoms with Gasteiger partial charge in [0, 0.05) is 6.42 Å². The molecule has 0 radical (unpaired) electrons. The third-order valence-corrected chi connectivity index (χ3v) is 10.1. The number of hydrogen-bond acceptors (Lipinski definition) is 3. The van der Waals surface area contributed by atoms with E-state index in [1.165, 1.54) is 4.90 Å². The Morgan fingerprint density at radius 2 is 1.62 bits per heavy atom. The van der Waals surface area contributed by atoms with Crippen LogP contribution in [0.2, 0.25) is 18.1 Å². The van der Waals surface area contributed by atoms with Gasteiger partial charge in [-0.15, -0.1) is 0 Å². The minimum atomic E-state index is -1.94. The minimum Gasteiger partial charge on any atom is -0.403 e. The van der Waals surface area contributed by atoms with Crippen LogP contribution in [-0.4, -0.2) is 31.1 Å². The first kappa shape index (κ1) is 20.8. The molecule has 0 aromatic heterocycles. The Morgan fingerprint density at radius 1 is 1.08 bits per heavy atom. The second kappa shape index (κ2) is 8.05. The van der Waals surface area contributed by atoms with Crippen LogP contribution >= 0.6 is 0 Å². The molecule has 1 aliphatic heterocycles. The highest BCUT2D eigenvalue weighted by Crippen LogP contribution is 2.41. The number of amides is 2. The number of carbonyl (C=O) groups is 2. The van der Waals surface area contributed by atoms with E-state index in [4.69, 9.17) is 4.43 Å². The maximum atomic E-state index is 12.9. The minimum absolute atomic E-state index is 0.104. The van der Waals surface area contributed by atoms with E-state index >= 15 is 0 Å². The van der Waals surface area contributed by atoms with Gasteiger partial charge in [-0.1, -0.05) is 71.9 Å². The van der Waals surface area contributed by atoms with Crippen LogP contribution in [0.25, 0.3) is 0 Å². The molecule has 1 aliphatic rings. The number of benzene rings is 1. The van der Waals surface area contributed by atoms with Gasteiger partial charge in [-0.25, -0.2) is 0 Å². The lowest BCUT2D eigenvalue weighted by Gasteiger charge is -2.49. The van der Waals surface area contributed by atoms with Gasteiger partial charge in [0.15, 0.2) is 14.4 Å². The first-order chi connectivity index (χ1) is 12.2.